The van der Waals surface area contributed by atoms with Gasteiger partial charge in [0.15, 0.2) is 0 Å². The van der Waals surface area contributed by atoms with Gasteiger partial charge in [0.25, 0.3) is 0 Å². The van der Waals surface area contributed by atoms with Crippen LogP contribution in [-0.2, 0) is 0 Å². The third-order valence-electron chi connectivity index (χ3n) is 5.58. The molecule has 1 aliphatic heterocycles. The van der Waals surface area contributed by atoms with Crippen LogP contribution < -0.4 is 0 Å². The summed E-state index contributed by atoms with van der Waals surface area (Å²) in [5.74, 6) is 0.481. The van der Waals surface area contributed by atoms with Crippen molar-refractivity contribution in [2.24, 2.45) is 5.92 Å². The fourth-order valence-corrected chi connectivity index (χ4v) is 4.40. The Morgan fingerprint density at radius 3 is 2.91 bits per heavy atom. The van der Waals surface area contributed by atoms with E-state index in [0.29, 0.717) is 5.92 Å². The van der Waals surface area contributed by atoms with Crippen LogP contribution >= 0.6 is 0 Å². The molecule has 4 rings (SSSR count). The van der Waals surface area contributed by atoms with E-state index in [1.807, 2.05) is 12.5 Å². The van der Waals surface area contributed by atoms with Crippen LogP contribution in [0, 0.1) is 12.8 Å². The molecule has 1 aromatic carbocycles. The van der Waals surface area contributed by atoms with Crippen molar-refractivity contribution < 1.29 is 5.11 Å². The van der Waals surface area contributed by atoms with Crippen LogP contribution in [0.3, 0.4) is 0 Å². The fraction of sp³-hybridized carbons (Fsp3) is 0.526. The Labute approximate surface area is 132 Å². The molecule has 1 aromatic heterocycles. The van der Waals surface area contributed by atoms with Gasteiger partial charge < -0.3 is 9.67 Å². The average molecular weight is 296 g/mol. The molecular formula is C19H24N2O. The van der Waals surface area contributed by atoms with Crippen molar-refractivity contribution >= 4 is 0 Å². The second-order valence-electron chi connectivity index (χ2n) is 6.94. The summed E-state index contributed by atoms with van der Waals surface area (Å²) in [6.07, 6.45) is 10.7. The molecule has 3 nitrogen and oxygen atoms in total. The minimum atomic E-state index is -0.202. The molecule has 1 saturated carbocycles. The summed E-state index contributed by atoms with van der Waals surface area (Å²) in [5.41, 5.74) is 5.18. The van der Waals surface area contributed by atoms with Crippen molar-refractivity contribution in [2.75, 3.05) is 0 Å². The molecule has 1 fully saturated rings. The Morgan fingerprint density at radius 1 is 1.27 bits per heavy atom. The van der Waals surface area contributed by atoms with E-state index in [0.717, 1.165) is 6.42 Å². The highest BCUT2D eigenvalue weighted by atomic mass is 16.3. The van der Waals surface area contributed by atoms with Gasteiger partial charge in [-0.25, -0.2) is 4.98 Å². The lowest BCUT2D eigenvalue weighted by Gasteiger charge is -2.29. The second kappa shape index (κ2) is 5.54. The number of aliphatic hydroxyl groups is 1. The first kappa shape index (κ1) is 14.0. The maximum atomic E-state index is 10.8. The zero-order valence-corrected chi connectivity index (χ0v) is 13.2. The third kappa shape index (κ3) is 2.19. The van der Waals surface area contributed by atoms with Crippen molar-refractivity contribution in [1.82, 2.24) is 9.55 Å². The van der Waals surface area contributed by atoms with Crippen LogP contribution in [-0.4, -0.2) is 20.8 Å². The summed E-state index contributed by atoms with van der Waals surface area (Å²) in [7, 11) is 0. The summed E-state index contributed by atoms with van der Waals surface area (Å²) in [6.45, 7) is 2.16. The van der Waals surface area contributed by atoms with E-state index in [-0.39, 0.29) is 12.1 Å². The first-order valence-electron chi connectivity index (χ1n) is 8.55. The Bertz CT molecular complexity index is 670. The minimum absolute atomic E-state index is 0.202. The normalized spacial score (nSPS) is 22.4. The molecule has 1 N–H and O–H groups in total. The van der Waals surface area contributed by atoms with Crippen molar-refractivity contribution in [2.45, 2.75) is 57.6 Å². The highest BCUT2D eigenvalue weighted by Gasteiger charge is 2.33. The molecule has 0 spiro atoms. The standard InChI is InChI=1S/C19H24N2O/c1-13-6-5-9-15-16(21-12-20-11-17(21)19(13)15)10-18(22)14-7-3-2-4-8-14/h5-6,9,11-12,14,16,18,22H,2-4,7-8,10H2,1H3. The first-order valence-corrected chi connectivity index (χ1v) is 8.55. The highest BCUT2D eigenvalue weighted by molar-refractivity contribution is 5.72. The number of aliphatic hydroxyl groups excluding tert-OH is 1. The van der Waals surface area contributed by atoms with Crippen LogP contribution in [0.15, 0.2) is 30.7 Å². The van der Waals surface area contributed by atoms with E-state index in [9.17, 15) is 5.11 Å². The van der Waals surface area contributed by atoms with E-state index in [2.05, 4.69) is 34.7 Å². The number of aryl methyl sites for hydroxylation is 1. The van der Waals surface area contributed by atoms with E-state index >= 15 is 0 Å². The minimum Gasteiger partial charge on any atom is -0.393 e. The quantitative estimate of drug-likeness (QED) is 0.926. The van der Waals surface area contributed by atoms with Gasteiger partial charge in [-0.2, -0.15) is 0 Å². The average Bonchev–Trinajstić information content (AvgIpc) is 3.11. The predicted octanol–water partition coefficient (Wildman–Crippen LogP) is 4.09. The second-order valence-corrected chi connectivity index (χ2v) is 6.94. The Hall–Kier alpha value is -1.61. The Morgan fingerprint density at radius 2 is 2.09 bits per heavy atom. The van der Waals surface area contributed by atoms with Crippen LogP contribution in [0.4, 0.5) is 0 Å². The third-order valence-corrected chi connectivity index (χ3v) is 5.58. The summed E-state index contributed by atoms with van der Waals surface area (Å²) in [5, 5.41) is 10.8. The number of imidazole rings is 1. The maximum absolute atomic E-state index is 10.8. The van der Waals surface area contributed by atoms with Gasteiger partial charge in [0.2, 0.25) is 0 Å². The SMILES string of the molecule is Cc1cccc2c1-c1cncn1C2CC(O)C1CCCCC1. The molecule has 2 aliphatic rings. The van der Waals surface area contributed by atoms with E-state index in [4.69, 9.17) is 0 Å². The van der Waals surface area contributed by atoms with Crippen LogP contribution in [0.25, 0.3) is 11.3 Å². The molecule has 22 heavy (non-hydrogen) atoms. The molecule has 116 valence electrons. The molecule has 0 amide bonds. The Balaban J connectivity index is 1.64. The van der Waals surface area contributed by atoms with Gasteiger partial charge in [0.1, 0.15) is 0 Å². The monoisotopic (exact) mass is 296 g/mol. The Kier molecular flexibility index (Phi) is 3.53. The zero-order valence-electron chi connectivity index (χ0n) is 13.2. The van der Waals surface area contributed by atoms with Crippen LogP contribution in [0.2, 0.25) is 0 Å². The summed E-state index contributed by atoms with van der Waals surface area (Å²) < 4.78 is 2.25. The molecule has 3 heteroatoms. The molecule has 1 aliphatic carbocycles. The molecule has 0 radical (unpaired) electrons. The van der Waals surface area contributed by atoms with Crippen molar-refractivity contribution in [3.63, 3.8) is 0 Å². The van der Waals surface area contributed by atoms with Gasteiger partial charge in [-0.3, -0.25) is 0 Å². The smallest absolute Gasteiger partial charge is 0.0956 e. The van der Waals surface area contributed by atoms with Gasteiger partial charge in [-0.15, -0.1) is 0 Å². The molecule has 2 aromatic rings. The van der Waals surface area contributed by atoms with Crippen molar-refractivity contribution in [1.29, 1.82) is 0 Å². The fourth-order valence-electron chi connectivity index (χ4n) is 4.40. The topological polar surface area (TPSA) is 38.0 Å². The maximum Gasteiger partial charge on any atom is 0.0956 e. The predicted molar refractivity (Wildman–Crippen MR) is 87.7 cm³/mol. The van der Waals surface area contributed by atoms with Crippen molar-refractivity contribution in [3.05, 3.63) is 41.9 Å². The largest absolute Gasteiger partial charge is 0.393 e. The van der Waals surface area contributed by atoms with Crippen molar-refractivity contribution in [3.8, 4) is 11.3 Å². The van der Waals surface area contributed by atoms with Gasteiger partial charge in [0, 0.05) is 5.56 Å². The van der Waals surface area contributed by atoms with Gasteiger partial charge in [0.05, 0.1) is 30.4 Å². The molecular weight excluding hydrogens is 272 g/mol. The number of fused-ring (bicyclic) bond motifs is 3. The number of benzene rings is 1. The van der Waals surface area contributed by atoms with E-state index in [1.165, 1.54) is 54.5 Å². The van der Waals surface area contributed by atoms with Gasteiger partial charge >= 0.3 is 0 Å². The highest BCUT2D eigenvalue weighted by Crippen LogP contribution is 2.44. The lowest BCUT2D eigenvalue weighted by atomic mass is 9.82. The molecule has 0 bridgehead atoms. The summed E-state index contributed by atoms with van der Waals surface area (Å²) in [4.78, 5) is 4.34. The summed E-state index contributed by atoms with van der Waals surface area (Å²) >= 11 is 0. The van der Waals surface area contributed by atoms with Crippen LogP contribution in [0.1, 0.15) is 55.7 Å². The molecule has 2 unspecified atom stereocenters. The van der Waals surface area contributed by atoms with Gasteiger partial charge in [-0.05, 0) is 43.2 Å². The van der Waals surface area contributed by atoms with E-state index < -0.39 is 0 Å². The number of hydrogen-bond donors (Lipinski definition) is 1. The van der Waals surface area contributed by atoms with E-state index in [1.54, 1.807) is 0 Å². The first-order chi connectivity index (χ1) is 10.8. The number of rotatable bonds is 3. The lowest BCUT2D eigenvalue weighted by molar-refractivity contribution is 0.0686. The number of nitrogens with zero attached hydrogens (tertiary/aromatic N) is 2. The number of aromatic nitrogens is 2. The molecule has 2 heterocycles. The molecule has 2 atom stereocenters. The molecule has 0 saturated heterocycles. The van der Waals surface area contributed by atoms with Gasteiger partial charge in [-0.1, -0.05) is 37.5 Å². The summed E-state index contributed by atoms with van der Waals surface area (Å²) in [6, 6.07) is 6.75. The van der Waals surface area contributed by atoms with Crippen LogP contribution in [0.5, 0.6) is 0 Å². The number of hydrogen-bond acceptors (Lipinski definition) is 2. The lowest BCUT2D eigenvalue weighted by Crippen LogP contribution is -2.26. The zero-order chi connectivity index (χ0) is 15.1.